The Balaban J connectivity index is 1.56. The first-order valence-corrected chi connectivity index (χ1v) is 8.49. The van der Waals surface area contributed by atoms with E-state index in [1.165, 1.54) is 12.1 Å². The van der Waals surface area contributed by atoms with Crippen LogP contribution >= 0.6 is 0 Å². The molecule has 0 radical (unpaired) electrons. The second kappa shape index (κ2) is 6.63. The highest BCUT2D eigenvalue weighted by molar-refractivity contribution is 6.05. The molecule has 1 aromatic heterocycles. The van der Waals surface area contributed by atoms with Crippen molar-refractivity contribution < 1.29 is 13.9 Å². The summed E-state index contributed by atoms with van der Waals surface area (Å²) in [6.07, 6.45) is -0.275. The van der Waals surface area contributed by atoms with Gasteiger partial charge in [0.15, 0.2) is 0 Å². The number of nitrogens with zero attached hydrogens (tertiary/aromatic N) is 3. The Morgan fingerprint density at radius 2 is 1.81 bits per heavy atom. The smallest absolute Gasteiger partial charge is 0.276 e. The number of hydrogen-bond donors (Lipinski definition) is 0. The SMILES string of the molecule is CC(Oc1ccccc1)c1cc2n(n1)CCN(c1ccc(F)cc1)C2=O. The van der Waals surface area contributed by atoms with Gasteiger partial charge in [-0.3, -0.25) is 9.48 Å². The Bertz CT molecular complexity index is 922. The number of carbonyl (C=O) groups is 1. The second-order valence-corrected chi connectivity index (χ2v) is 6.18. The summed E-state index contributed by atoms with van der Waals surface area (Å²) in [6, 6.07) is 17.2. The van der Waals surface area contributed by atoms with Crippen molar-refractivity contribution >= 4 is 11.6 Å². The highest BCUT2D eigenvalue weighted by atomic mass is 19.1. The topological polar surface area (TPSA) is 47.4 Å². The van der Waals surface area contributed by atoms with Crippen molar-refractivity contribution in [1.82, 2.24) is 9.78 Å². The molecule has 1 aliphatic heterocycles. The first-order chi connectivity index (χ1) is 12.6. The average molecular weight is 351 g/mol. The van der Waals surface area contributed by atoms with Gasteiger partial charge >= 0.3 is 0 Å². The molecule has 0 N–H and O–H groups in total. The average Bonchev–Trinajstić information content (AvgIpc) is 3.09. The Hall–Kier alpha value is -3.15. The molecule has 0 saturated carbocycles. The minimum absolute atomic E-state index is 0.145. The fourth-order valence-corrected chi connectivity index (χ4v) is 3.04. The molecule has 4 rings (SSSR count). The van der Waals surface area contributed by atoms with E-state index in [4.69, 9.17) is 4.74 Å². The summed E-state index contributed by atoms with van der Waals surface area (Å²) >= 11 is 0. The van der Waals surface area contributed by atoms with E-state index in [0.717, 1.165) is 5.75 Å². The van der Waals surface area contributed by atoms with Crippen LogP contribution in [0.2, 0.25) is 0 Å². The van der Waals surface area contributed by atoms with Crippen molar-refractivity contribution in [2.24, 2.45) is 0 Å². The number of benzene rings is 2. The third kappa shape index (κ3) is 3.06. The van der Waals surface area contributed by atoms with Crippen molar-refractivity contribution in [3.05, 3.63) is 77.9 Å². The van der Waals surface area contributed by atoms with Crippen LogP contribution in [0.4, 0.5) is 10.1 Å². The molecular weight excluding hydrogens is 333 g/mol. The maximum absolute atomic E-state index is 13.1. The predicted molar refractivity (Wildman–Crippen MR) is 95.8 cm³/mol. The molecule has 0 fully saturated rings. The second-order valence-electron chi connectivity index (χ2n) is 6.18. The molecule has 1 unspecified atom stereocenters. The summed E-state index contributed by atoms with van der Waals surface area (Å²) in [5.41, 5.74) is 1.90. The third-order valence-electron chi connectivity index (χ3n) is 4.41. The van der Waals surface area contributed by atoms with E-state index < -0.39 is 0 Å². The standard InChI is InChI=1S/C20H18FN3O2/c1-14(26-17-5-3-2-4-6-17)18-13-19-20(25)23(11-12-24(19)22-18)16-9-7-15(21)8-10-16/h2-10,13-14H,11-12H2,1H3. The van der Waals surface area contributed by atoms with Crippen LogP contribution < -0.4 is 9.64 Å². The summed E-state index contributed by atoms with van der Waals surface area (Å²) in [4.78, 5) is 14.5. The van der Waals surface area contributed by atoms with Crippen molar-refractivity contribution in [1.29, 1.82) is 0 Å². The van der Waals surface area contributed by atoms with E-state index >= 15 is 0 Å². The van der Waals surface area contributed by atoms with E-state index in [9.17, 15) is 9.18 Å². The number of halogens is 1. The Labute approximate surface area is 150 Å². The quantitative estimate of drug-likeness (QED) is 0.718. The van der Waals surface area contributed by atoms with Crippen molar-refractivity contribution in [2.75, 3.05) is 11.4 Å². The molecule has 0 saturated heterocycles. The lowest BCUT2D eigenvalue weighted by Gasteiger charge is -2.27. The Morgan fingerprint density at radius 1 is 1.08 bits per heavy atom. The highest BCUT2D eigenvalue weighted by Gasteiger charge is 2.28. The Kier molecular flexibility index (Phi) is 4.16. The molecule has 1 aliphatic rings. The molecule has 132 valence electrons. The van der Waals surface area contributed by atoms with Gasteiger partial charge in [-0.05, 0) is 49.4 Å². The van der Waals surface area contributed by atoms with E-state index in [0.29, 0.717) is 30.2 Å². The normalized spacial score (nSPS) is 14.8. The maximum Gasteiger partial charge on any atom is 0.276 e. The molecule has 1 atom stereocenters. The van der Waals surface area contributed by atoms with Crippen molar-refractivity contribution in [2.45, 2.75) is 19.6 Å². The third-order valence-corrected chi connectivity index (χ3v) is 4.41. The number of hydrogen-bond acceptors (Lipinski definition) is 3. The van der Waals surface area contributed by atoms with Gasteiger partial charge in [0.2, 0.25) is 0 Å². The minimum atomic E-state index is -0.322. The number of fused-ring (bicyclic) bond motifs is 1. The van der Waals surface area contributed by atoms with Crippen LogP contribution in [0.5, 0.6) is 5.75 Å². The number of ether oxygens (including phenoxy) is 1. The van der Waals surface area contributed by atoms with E-state index in [2.05, 4.69) is 5.10 Å². The summed E-state index contributed by atoms with van der Waals surface area (Å²) in [5.74, 6) is 0.288. The van der Waals surface area contributed by atoms with Crippen molar-refractivity contribution in [3.8, 4) is 5.75 Å². The van der Waals surface area contributed by atoms with Crippen LogP contribution in [0.1, 0.15) is 29.2 Å². The van der Waals surface area contributed by atoms with E-state index in [-0.39, 0.29) is 17.8 Å². The zero-order valence-electron chi connectivity index (χ0n) is 14.3. The van der Waals surface area contributed by atoms with Crippen LogP contribution in [-0.4, -0.2) is 22.2 Å². The monoisotopic (exact) mass is 351 g/mol. The van der Waals surface area contributed by atoms with Gasteiger partial charge in [-0.2, -0.15) is 5.10 Å². The summed E-state index contributed by atoms with van der Waals surface area (Å²) in [5, 5.41) is 4.52. The number of rotatable bonds is 4. The van der Waals surface area contributed by atoms with Crippen molar-refractivity contribution in [3.63, 3.8) is 0 Å². The van der Waals surface area contributed by atoms with Crippen LogP contribution in [0.15, 0.2) is 60.7 Å². The molecule has 5 nitrogen and oxygen atoms in total. The molecule has 2 heterocycles. The first kappa shape index (κ1) is 16.3. The summed E-state index contributed by atoms with van der Waals surface area (Å²) in [7, 11) is 0. The highest BCUT2D eigenvalue weighted by Crippen LogP contribution is 2.25. The van der Waals surface area contributed by atoms with Crippen LogP contribution in [-0.2, 0) is 6.54 Å². The van der Waals surface area contributed by atoms with Crippen LogP contribution in [0.3, 0.4) is 0 Å². The number of para-hydroxylation sites is 1. The zero-order chi connectivity index (χ0) is 18.1. The molecule has 6 heteroatoms. The van der Waals surface area contributed by atoms with E-state index in [1.54, 1.807) is 27.8 Å². The fraction of sp³-hybridized carbons (Fsp3) is 0.200. The first-order valence-electron chi connectivity index (χ1n) is 8.49. The number of amides is 1. The molecule has 26 heavy (non-hydrogen) atoms. The fourth-order valence-electron chi connectivity index (χ4n) is 3.04. The minimum Gasteiger partial charge on any atom is -0.484 e. The number of carbonyl (C=O) groups excluding carboxylic acids is 1. The molecule has 0 spiro atoms. The van der Waals surface area contributed by atoms with Gasteiger partial charge in [0, 0.05) is 12.2 Å². The zero-order valence-corrected chi connectivity index (χ0v) is 14.3. The van der Waals surface area contributed by atoms with Gasteiger partial charge in [0.1, 0.15) is 29.1 Å². The molecular formula is C20H18FN3O2. The molecule has 3 aromatic rings. The van der Waals surface area contributed by atoms with E-state index in [1.807, 2.05) is 37.3 Å². The number of aromatic nitrogens is 2. The summed E-state index contributed by atoms with van der Waals surface area (Å²) in [6.45, 7) is 2.98. The molecule has 0 aliphatic carbocycles. The number of anilines is 1. The van der Waals surface area contributed by atoms with Gasteiger partial charge in [-0.25, -0.2) is 4.39 Å². The van der Waals surface area contributed by atoms with Gasteiger partial charge in [0.25, 0.3) is 5.91 Å². The van der Waals surface area contributed by atoms with Gasteiger partial charge < -0.3 is 9.64 Å². The lowest BCUT2D eigenvalue weighted by Crippen LogP contribution is -2.40. The van der Waals surface area contributed by atoms with Gasteiger partial charge in [-0.1, -0.05) is 18.2 Å². The van der Waals surface area contributed by atoms with Crippen LogP contribution in [0, 0.1) is 5.82 Å². The maximum atomic E-state index is 13.1. The van der Waals surface area contributed by atoms with Gasteiger partial charge in [0.05, 0.1) is 6.54 Å². The van der Waals surface area contributed by atoms with Gasteiger partial charge in [-0.15, -0.1) is 0 Å². The Morgan fingerprint density at radius 3 is 2.54 bits per heavy atom. The van der Waals surface area contributed by atoms with Crippen LogP contribution in [0.25, 0.3) is 0 Å². The lowest BCUT2D eigenvalue weighted by atomic mass is 10.2. The summed E-state index contributed by atoms with van der Waals surface area (Å²) < 4.78 is 20.7. The lowest BCUT2D eigenvalue weighted by molar-refractivity contribution is 0.0962. The predicted octanol–water partition coefficient (Wildman–Crippen LogP) is 3.82. The molecule has 2 aromatic carbocycles. The molecule has 0 bridgehead atoms. The molecule has 1 amide bonds. The largest absolute Gasteiger partial charge is 0.484 e.